The normalized spacial score (nSPS) is 9.69. The van der Waals surface area contributed by atoms with Gasteiger partial charge < -0.3 is 10.2 Å². The van der Waals surface area contributed by atoms with Crippen molar-refractivity contribution < 1.29 is 4.79 Å². The zero-order chi connectivity index (χ0) is 9.68. The summed E-state index contributed by atoms with van der Waals surface area (Å²) in [6, 6.07) is 1.99. The van der Waals surface area contributed by atoms with Crippen LogP contribution in [0.4, 0.5) is 4.79 Å². The van der Waals surface area contributed by atoms with Gasteiger partial charge in [0.1, 0.15) is 0 Å². The molecule has 0 unspecified atom stereocenters. The Morgan fingerprint density at radius 1 is 1.69 bits per heavy atom. The monoisotopic (exact) mass is 198 g/mol. The number of hydrogen-bond donors (Lipinski definition) is 1. The van der Waals surface area contributed by atoms with Crippen LogP contribution >= 0.6 is 11.3 Å². The lowest BCUT2D eigenvalue weighted by atomic mass is 10.3. The molecule has 0 aliphatic rings. The molecule has 1 aromatic heterocycles. The molecular formula is C9H14N2OS. The number of rotatable bonds is 3. The quantitative estimate of drug-likeness (QED) is 0.790. The maximum absolute atomic E-state index is 11.3. The number of hydrogen-bond acceptors (Lipinski definition) is 2. The topological polar surface area (TPSA) is 32.3 Å². The molecule has 1 heterocycles. The first-order valence-electron chi connectivity index (χ1n) is 4.24. The number of amides is 2. The van der Waals surface area contributed by atoms with Gasteiger partial charge in [-0.2, -0.15) is 11.3 Å². The van der Waals surface area contributed by atoms with Crippen molar-refractivity contribution in [3.63, 3.8) is 0 Å². The van der Waals surface area contributed by atoms with Gasteiger partial charge in [-0.1, -0.05) is 0 Å². The Bertz CT molecular complexity index is 259. The number of nitrogens with zero attached hydrogens (tertiary/aromatic N) is 1. The summed E-state index contributed by atoms with van der Waals surface area (Å²) in [5.74, 6) is 0. The molecule has 1 aromatic rings. The van der Waals surface area contributed by atoms with Crippen LogP contribution in [0.3, 0.4) is 0 Å². The smallest absolute Gasteiger partial charge is 0.317 e. The van der Waals surface area contributed by atoms with Crippen LogP contribution in [0, 0.1) is 0 Å². The van der Waals surface area contributed by atoms with E-state index in [9.17, 15) is 4.79 Å². The molecule has 0 atom stereocenters. The van der Waals surface area contributed by atoms with E-state index >= 15 is 0 Å². The zero-order valence-electron chi connectivity index (χ0n) is 7.91. The number of carbonyl (C=O) groups excluding carboxylic acids is 1. The highest BCUT2D eigenvalue weighted by molar-refractivity contribution is 7.07. The SMILES string of the molecule is CCN(C)C(=O)NCc1ccsc1. The molecule has 0 saturated heterocycles. The fourth-order valence-corrected chi connectivity index (χ4v) is 1.52. The molecule has 0 fully saturated rings. The zero-order valence-corrected chi connectivity index (χ0v) is 8.73. The second-order valence-electron chi connectivity index (χ2n) is 2.80. The average molecular weight is 198 g/mol. The van der Waals surface area contributed by atoms with E-state index in [0.29, 0.717) is 6.54 Å². The summed E-state index contributed by atoms with van der Waals surface area (Å²) in [6.45, 7) is 3.30. The lowest BCUT2D eigenvalue weighted by Gasteiger charge is -2.14. The van der Waals surface area contributed by atoms with Gasteiger partial charge in [0.15, 0.2) is 0 Å². The van der Waals surface area contributed by atoms with Crippen LogP contribution < -0.4 is 5.32 Å². The molecule has 0 bridgehead atoms. The molecule has 0 radical (unpaired) electrons. The van der Waals surface area contributed by atoms with Crippen LogP contribution in [0.1, 0.15) is 12.5 Å². The molecule has 13 heavy (non-hydrogen) atoms. The maximum atomic E-state index is 11.3. The van der Waals surface area contributed by atoms with E-state index < -0.39 is 0 Å². The first kappa shape index (κ1) is 10.1. The molecule has 1 rings (SSSR count). The fourth-order valence-electron chi connectivity index (χ4n) is 0.849. The van der Waals surface area contributed by atoms with Crippen LogP contribution in [-0.4, -0.2) is 24.5 Å². The third kappa shape index (κ3) is 3.06. The lowest BCUT2D eigenvalue weighted by molar-refractivity contribution is 0.210. The molecule has 2 amide bonds. The van der Waals surface area contributed by atoms with Gasteiger partial charge in [0.2, 0.25) is 0 Å². The largest absolute Gasteiger partial charge is 0.334 e. The van der Waals surface area contributed by atoms with Crippen LogP contribution in [-0.2, 0) is 6.54 Å². The highest BCUT2D eigenvalue weighted by atomic mass is 32.1. The van der Waals surface area contributed by atoms with E-state index in [2.05, 4.69) is 5.32 Å². The van der Waals surface area contributed by atoms with Gasteiger partial charge in [0, 0.05) is 20.1 Å². The Morgan fingerprint density at radius 2 is 2.46 bits per heavy atom. The van der Waals surface area contributed by atoms with Gasteiger partial charge >= 0.3 is 6.03 Å². The van der Waals surface area contributed by atoms with Crippen LogP contribution in [0.2, 0.25) is 0 Å². The van der Waals surface area contributed by atoms with E-state index in [-0.39, 0.29) is 6.03 Å². The Hall–Kier alpha value is -1.03. The summed E-state index contributed by atoms with van der Waals surface area (Å²) in [7, 11) is 1.78. The number of urea groups is 1. The van der Waals surface area contributed by atoms with Crippen molar-refractivity contribution in [2.24, 2.45) is 0 Å². The molecular weight excluding hydrogens is 184 g/mol. The van der Waals surface area contributed by atoms with Crippen molar-refractivity contribution >= 4 is 17.4 Å². The summed E-state index contributed by atoms with van der Waals surface area (Å²) in [6.07, 6.45) is 0. The Morgan fingerprint density at radius 3 is 3.00 bits per heavy atom. The average Bonchev–Trinajstić information content (AvgIpc) is 2.65. The molecule has 1 N–H and O–H groups in total. The van der Waals surface area contributed by atoms with E-state index in [1.807, 2.05) is 23.8 Å². The van der Waals surface area contributed by atoms with Gasteiger partial charge in [-0.25, -0.2) is 4.79 Å². The Balaban J connectivity index is 2.31. The molecule has 0 aliphatic carbocycles. The second kappa shape index (κ2) is 4.87. The van der Waals surface area contributed by atoms with E-state index in [1.165, 1.54) is 0 Å². The standard InChI is InChI=1S/C9H14N2OS/c1-3-11(2)9(12)10-6-8-4-5-13-7-8/h4-5,7H,3,6H2,1-2H3,(H,10,12). The highest BCUT2D eigenvalue weighted by Crippen LogP contribution is 2.04. The summed E-state index contributed by atoms with van der Waals surface area (Å²) >= 11 is 1.64. The first-order chi connectivity index (χ1) is 6.24. The van der Waals surface area contributed by atoms with Crippen LogP contribution in [0.25, 0.3) is 0 Å². The predicted molar refractivity (Wildman–Crippen MR) is 54.9 cm³/mol. The molecule has 3 nitrogen and oxygen atoms in total. The van der Waals surface area contributed by atoms with Gasteiger partial charge in [-0.3, -0.25) is 0 Å². The van der Waals surface area contributed by atoms with E-state index in [4.69, 9.17) is 0 Å². The molecule has 0 aromatic carbocycles. The van der Waals surface area contributed by atoms with Gasteiger partial charge in [0.05, 0.1) is 0 Å². The van der Waals surface area contributed by atoms with Gasteiger partial charge in [0.25, 0.3) is 0 Å². The van der Waals surface area contributed by atoms with E-state index in [1.54, 1.807) is 23.3 Å². The third-order valence-electron chi connectivity index (χ3n) is 1.84. The highest BCUT2D eigenvalue weighted by Gasteiger charge is 2.04. The fraction of sp³-hybridized carbons (Fsp3) is 0.444. The molecule has 72 valence electrons. The van der Waals surface area contributed by atoms with Crippen LogP contribution in [0.15, 0.2) is 16.8 Å². The minimum atomic E-state index is -0.0197. The van der Waals surface area contributed by atoms with E-state index in [0.717, 1.165) is 12.1 Å². The third-order valence-corrected chi connectivity index (χ3v) is 2.58. The molecule has 0 saturated carbocycles. The maximum Gasteiger partial charge on any atom is 0.317 e. The summed E-state index contributed by atoms with van der Waals surface area (Å²) in [5.41, 5.74) is 1.16. The lowest BCUT2D eigenvalue weighted by Crippen LogP contribution is -2.36. The van der Waals surface area contributed by atoms with Gasteiger partial charge in [-0.15, -0.1) is 0 Å². The molecule has 0 aliphatic heterocycles. The summed E-state index contributed by atoms with van der Waals surface area (Å²) in [4.78, 5) is 12.9. The van der Waals surface area contributed by atoms with Crippen molar-refractivity contribution in [1.82, 2.24) is 10.2 Å². The number of carbonyl (C=O) groups is 1. The van der Waals surface area contributed by atoms with Crippen molar-refractivity contribution in [3.8, 4) is 0 Å². The number of thiophene rings is 1. The van der Waals surface area contributed by atoms with Crippen LogP contribution in [0.5, 0.6) is 0 Å². The minimum Gasteiger partial charge on any atom is -0.334 e. The van der Waals surface area contributed by atoms with Crippen molar-refractivity contribution in [2.45, 2.75) is 13.5 Å². The molecule has 0 spiro atoms. The van der Waals surface area contributed by atoms with Gasteiger partial charge in [-0.05, 0) is 29.3 Å². The predicted octanol–water partition coefficient (Wildman–Crippen LogP) is 1.91. The van der Waals surface area contributed by atoms with Crippen molar-refractivity contribution in [2.75, 3.05) is 13.6 Å². The number of nitrogens with one attached hydrogen (secondary N) is 1. The summed E-state index contributed by atoms with van der Waals surface area (Å²) in [5, 5.41) is 6.87. The Kier molecular flexibility index (Phi) is 3.76. The van der Waals surface area contributed by atoms with Crippen molar-refractivity contribution in [3.05, 3.63) is 22.4 Å². The Labute approximate surface area is 82.4 Å². The van der Waals surface area contributed by atoms with Crippen molar-refractivity contribution in [1.29, 1.82) is 0 Å². The summed E-state index contributed by atoms with van der Waals surface area (Å²) < 4.78 is 0. The molecule has 4 heteroatoms. The first-order valence-corrected chi connectivity index (χ1v) is 5.18. The second-order valence-corrected chi connectivity index (χ2v) is 3.58. The minimum absolute atomic E-state index is 0.0197.